The van der Waals surface area contributed by atoms with Crippen molar-refractivity contribution in [2.45, 2.75) is 58.6 Å². The standard InChI is InChI=1S/C25H37N3O5/c1-6-23(29)26-19-10-11-21-20(12-19)25(31)27(4)14-22(32-5)16(2)13-28(17(3)15-33-21)24(30)18-8-7-9-18/h10-12,16-18,22H,6-9,13-15H2,1-5H3,(H,26,29)/t16-,17-,22+/m0/s1. The predicted molar refractivity (Wildman–Crippen MR) is 126 cm³/mol. The number of ether oxygens (including phenoxy) is 2. The van der Waals surface area contributed by atoms with Crippen LogP contribution in [0.2, 0.25) is 0 Å². The third kappa shape index (κ3) is 5.85. The molecule has 1 heterocycles. The maximum absolute atomic E-state index is 13.3. The van der Waals surface area contributed by atoms with Crippen molar-refractivity contribution in [1.29, 1.82) is 0 Å². The number of nitrogens with zero attached hydrogens (tertiary/aromatic N) is 2. The second-order valence-electron chi connectivity index (χ2n) is 9.33. The number of carbonyl (C=O) groups excluding carboxylic acids is 3. The summed E-state index contributed by atoms with van der Waals surface area (Å²) in [6.45, 7) is 7.01. The number of likely N-dealkylation sites (N-methyl/N-ethyl adjacent to an activating group) is 1. The highest BCUT2D eigenvalue weighted by atomic mass is 16.5. The molecule has 1 aromatic rings. The fourth-order valence-electron chi connectivity index (χ4n) is 4.30. The van der Waals surface area contributed by atoms with Gasteiger partial charge in [-0.1, -0.05) is 20.3 Å². The van der Waals surface area contributed by atoms with Crippen molar-refractivity contribution >= 4 is 23.4 Å². The number of hydrogen-bond donors (Lipinski definition) is 1. The van der Waals surface area contributed by atoms with Gasteiger partial charge in [-0.3, -0.25) is 14.4 Å². The van der Waals surface area contributed by atoms with Crippen LogP contribution in [0.4, 0.5) is 5.69 Å². The van der Waals surface area contributed by atoms with E-state index in [1.54, 1.807) is 44.2 Å². The Morgan fingerprint density at radius 2 is 1.94 bits per heavy atom. The second-order valence-corrected chi connectivity index (χ2v) is 9.33. The van der Waals surface area contributed by atoms with E-state index in [9.17, 15) is 14.4 Å². The molecule has 1 aromatic carbocycles. The van der Waals surface area contributed by atoms with Crippen LogP contribution in [0.3, 0.4) is 0 Å². The van der Waals surface area contributed by atoms with E-state index in [2.05, 4.69) is 12.2 Å². The molecule has 3 amide bonds. The Kier molecular flexibility index (Phi) is 8.35. The van der Waals surface area contributed by atoms with Crippen LogP contribution in [0.15, 0.2) is 18.2 Å². The zero-order valence-electron chi connectivity index (χ0n) is 20.4. The Bertz CT molecular complexity index is 870. The van der Waals surface area contributed by atoms with E-state index in [0.717, 1.165) is 19.3 Å². The van der Waals surface area contributed by atoms with Crippen LogP contribution in [0.5, 0.6) is 5.75 Å². The highest BCUT2D eigenvalue weighted by Gasteiger charge is 2.35. The molecule has 1 fully saturated rings. The van der Waals surface area contributed by atoms with E-state index in [1.165, 1.54) is 0 Å². The summed E-state index contributed by atoms with van der Waals surface area (Å²) in [7, 11) is 3.37. The molecule has 1 aliphatic heterocycles. The Morgan fingerprint density at radius 1 is 1.21 bits per heavy atom. The SMILES string of the molecule is CCC(=O)Nc1ccc2c(c1)C(=O)N(C)C[C@@H](OC)[C@@H](C)CN(C(=O)C1CCC1)[C@@H](C)CO2. The summed E-state index contributed by atoms with van der Waals surface area (Å²) in [6, 6.07) is 4.94. The molecule has 0 bridgehead atoms. The van der Waals surface area contributed by atoms with Gasteiger partial charge in [0.25, 0.3) is 5.91 Å². The molecule has 2 aliphatic rings. The van der Waals surface area contributed by atoms with Gasteiger partial charge in [0.1, 0.15) is 12.4 Å². The molecule has 8 nitrogen and oxygen atoms in total. The lowest BCUT2D eigenvalue weighted by molar-refractivity contribution is -0.142. The van der Waals surface area contributed by atoms with Crippen LogP contribution >= 0.6 is 0 Å². The number of fused-ring (bicyclic) bond motifs is 1. The lowest BCUT2D eigenvalue weighted by Gasteiger charge is -2.39. The van der Waals surface area contributed by atoms with Gasteiger partial charge < -0.3 is 24.6 Å². The van der Waals surface area contributed by atoms with Crippen molar-refractivity contribution < 1.29 is 23.9 Å². The molecule has 1 aliphatic carbocycles. The first-order valence-electron chi connectivity index (χ1n) is 11.9. The summed E-state index contributed by atoms with van der Waals surface area (Å²) in [5.74, 6) is 0.408. The number of carbonyl (C=O) groups is 3. The van der Waals surface area contributed by atoms with Crippen molar-refractivity contribution in [3.05, 3.63) is 23.8 Å². The first kappa shape index (κ1) is 25.0. The predicted octanol–water partition coefficient (Wildman–Crippen LogP) is 3.17. The molecule has 0 unspecified atom stereocenters. The zero-order chi connectivity index (χ0) is 24.1. The average Bonchev–Trinajstić information content (AvgIpc) is 2.76. The maximum Gasteiger partial charge on any atom is 0.257 e. The summed E-state index contributed by atoms with van der Waals surface area (Å²) in [6.07, 6.45) is 3.10. The molecule has 33 heavy (non-hydrogen) atoms. The lowest BCUT2D eigenvalue weighted by Crippen LogP contribution is -2.51. The monoisotopic (exact) mass is 459 g/mol. The van der Waals surface area contributed by atoms with Gasteiger partial charge in [0, 0.05) is 51.2 Å². The smallest absolute Gasteiger partial charge is 0.257 e. The van der Waals surface area contributed by atoms with Crippen molar-refractivity contribution in [2.24, 2.45) is 11.8 Å². The summed E-state index contributed by atoms with van der Waals surface area (Å²) >= 11 is 0. The van der Waals surface area contributed by atoms with Crippen LogP contribution in [-0.4, -0.2) is 73.5 Å². The first-order chi connectivity index (χ1) is 15.7. The van der Waals surface area contributed by atoms with E-state index in [-0.39, 0.29) is 48.3 Å². The Labute approximate surface area is 196 Å². The van der Waals surface area contributed by atoms with E-state index in [1.807, 2.05) is 11.8 Å². The quantitative estimate of drug-likeness (QED) is 0.747. The Hall–Kier alpha value is -2.61. The number of nitrogens with one attached hydrogen (secondary N) is 1. The van der Waals surface area contributed by atoms with Gasteiger partial charge in [-0.15, -0.1) is 0 Å². The molecule has 8 heteroatoms. The van der Waals surface area contributed by atoms with E-state index < -0.39 is 0 Å². The zero-order valence-corrected chi connectivity index (χ0v) is 20.4. The van der Waals surface area contributed by atoms with Gasteiger partial charge in [0.2, 0.25) is 11.8 Å². The largest absolute Gasteiger partial charge is 0.491 e. The van der Waals surface area contributed by atoms with Crippen LogP contribution in [0, 0.1) is 11.8 Å². The number of anilines is 1. The summed E-state index contributed by atoms with van der Waals surface area (Å²) in [5, 5.41) is 2.80. The highest BCUT2D eigenvalue weighted by molar-refractivity contribution is 5.99. The molecule has 0 radical (unpaired) electrons. The minimum absolute atomic E-state index is 0.0331. The topological polar surface area (TPSA) is 88.2 Å². The van der Waals surface area contributed by atoms with Gasteiger partial charge in [-0.2, -0.15) is 0 Å². The molecule has 0 aromatic heterocycles. The first-order valence-corrected chi connectivity index (χ1v) is 11.9. The van der Waals surface area contributed by atoms with Crippen LogP contribution in [-0.2, 0) is 14.3 Å². The molecule has 3 rings (SSSR count). The molecular formula is C25H37N3O5. The van der Waals surface area contributed by atoms with Gasteiger partial charge in [0.05, 0.1) is 17.7 Å². The summed E-state index contributed by atoms with van der Waals surface area (Å²) < 4.78 is 11.8. The number of benzene rings is 1. The van der Waals surface area contributed by atoms with Gasteiger partial charge in [0.15, 0.2) is 0 Å². The minimum Gasteiger partial charge on any atom is -0.491 e. The van der Waals surface area contributed by atoms with E-state index in [4.69, 9.17) is 9.47 Å². The summed E-state index contributed by atoms with van der Waals surface area (Å²) in [5.41, 5.74) is 0.920. The van der Waals surface area contributed by atoms with Crippen molar-refractivity contribution in [3.63, 3.8) is 0 Å². The third-order valence-electron chi connectivity index (χ3n) is 6.79. The van der Waals surface area contributed by atoms with Crippen LogP contribution in [0.1, 0.15) is 56.8 Å². The van der Waals surface area contributed by atoms with Gasteiger partial charge in [-0.25, -0.2) is 0 Å². The second kappa shape index (κ2) is 11.0. The molecular weight excluding hydrogens is 422 g/mol. The number of rotatable bonds is 4. The van der Waals surface area contributed by atoms with Crippen molar-refractivity contribution in [1.82, 2.24) is 9.80 Å². The molecule has 182 valence electrons. The molecule has 0 saturated heterocycles. The fourth-order valence-corrected chi connectivity index (χ4v) is 4.30. The van der Waals surface area contributed by atoms with E-state index in [0.29, 0.717) is 36.5 Å². The van der Waals surface area contributed by atoms with Crippen molar-refractivity contribution in [2.75, 3.05) is 39.2 Å². The van der Waals surface area contributed by atoms with Crippen LogP contribution in [0.25, 0.3) is 0 Å². The van der Waals surface area contributed by atoms with Gasteiger partial charge >= 0.3 is 0 Å². The summed E-state index contributed by atoms with van der Waals surface area (Å²) in [4.78, 5) is 41.9. The number of hydrogen-bond acceptors (Lipinski definition) is 5. The molecule has 3 atom stereocenters. The van der Waals surface area contributed by atoms with Crippen LogP contribution < -0.4 is 10.1 Å². The number of methoxy groups -OCH3 is 1. The minimum atomic E-state index is -0.227. The molecule has 1 saturated carbocycles. The Balaban J connectivity index is 1.94. The highest BCUT2D eigenvalue weighted by Crippen LogP contribution is 2.31. The fraction of sp³-hybridized carbons (Fsp3) is 0.640. The molecule has 0 spiro atoms. The maximum atomic E-state index is 13.3. The lowest BCUT2D eigenvalue weighted by atomic mass is 9.83. The van der Waals surface area contributed by atoms with E-state index >= 15 is 0 Å². The Morgan fingerprint density at radius 3 is 2.55 bits per heavy atom. The third-order valence-corrected chi connectivity index (χ3v) is 6.79. The average molecular weight is 460 g/mol. The van der Waals surface area contributed by atoms with Gasteiger partial charge in [-0.05, 0) is 38.0 Å². The molecule has 1 N–H and O–H groups in total. The van der Waals surface area contributed by atoms with Crippen molar-refractivity contribution in [3.8, 4) is 5.75 Å². The normalized spacial score (nSPS) is 24.6. The number of amides is 3.